The van der Waals surface area contributed by atoms with Gasteiger partial charge in [-0.1, -0.05) is 24.6 Å². The maximum absolute atomic E-state index is 13.0. The largest absolute Gasteiger partial charge is 0.454 e. The van der Waals surface area contributed by atoms with E-state index in [2.05, 4.69) is 22.0 Å². The van der Waals surface area contributed by atoms with Gasteiger partial charge in [-0.15, -0.1) is 0 Å². The lowest BCUT2D eigenvalue weighted by Gasteiger charge is -2.36. The number of allylic oxidation sites excluding steroid dienone is 1. The first-order valence-electron chi connectivity index (χ1n) is 11.8. The Bertz CT molecular complexity index is 1060. The molecule has 1 atom stereocenters. The summed E-state index contributed by atoms with van der Waals surface area (Å²) in [5.41, 5.74) is 1.81. The van der Waals surface area contributed by atoms with E-state index >= 15 is 0 Å². The maximum atomic E-state index is 13.0. The first-order valence-corrected chi connectivity index (χ1v) is 12.2. The number of nitrogens with zero attached hydrogens (tertiary/aromatic N) is 4. The summed E-state index contributed by atoms with van der Waals surface area (Å²) in [7, 11) is 0. The number of hydrogen-bond acceptors (Lipinski definition) is 6. The number of unbranched alkanes of at least 4 members (excludes halogenated alkanes) is 2. The minimum atomic E-state index is -0.483. The van der Waals surface area contributed by atoms with Gasteiger partial charge in [-0.05, 0) is 43.3 Å². The van der Waals surface area contributed by atoms with Crippen LogP contribution < -0.4 is 4.90 Å². The summed E-state index contributed by atoms with van der Waals surface area (Å²) < 4.78 is 10.8. The Morgan fingerprint density at radius 3 is 2.59 bits per heavy atom. The zero-order valence-electron chi connectivity index (χ0n) is 19.0. The monoisotopic (exact) mass is 480 g/mol. The number of carbonyl (C=O) groups excluding carboxylic acids is 2. The summed E-state index contributed by atoms with van der Waals surface area (Å²) in [6.07, 6.45) is 6.45. The lowest BCUT2D eigenvalue weighted by Crippen LogP contribution is -2.48. The van der Waals surface area contributed by atoms with Crippen LogP contribution in [0.2, 0.25) is 0 Å². The number of aliphatic imine (C=N–C) groups is 1. The average molecular weight is 481 g/mol. The minimum absolute atomic E-state index is 0.0827. The van der Waals surface area contributed by atoms with Crippen molar-refractivity contribution in [1.29, 1.82) is 0 Å². The smallest absolute Gasteiger partial charge is 0.241 e. The molecule has 178 valence electrons. The van der Waals surface area contributed by atoms with Crippen LogP contribution in [0, 0.1) is 5.92 Å². The molecule has 0 N–H and O–H groups in total. The van der Waals surface area contributed by atoms with Crippen LogP contribution in [0.5, 0.6) is 0 Å². The van der Waals surface area contributed by atoms with Gasteiger partial charge in [0.15, 0.2) is 11.5 Å². The fourth-order valence-corrected chi connectivity index (χ4v) is 4.96. The van der Waals surface area contributed by atoms with Crippen molar-refractivity contribution in [3.05, 3.63) is 54.0 Å². The highest BCUT2D eigenvalue weighted by molar-refractivity contribution is 7.80. The Morgan fingerprint density at radius 2 is 1.79 bits per heavy atom. The van der Waals surface area contributed by atoms with Gasteiger partial charge in [-0.3, -0.25) is 14.5 Å². The molecule has 1 aromatic carbocycles. The molecule has 4 aliphatic rings. The Balaban J connectivity index is 1.04. The molecule has 2 fully saturated rings. The van der Waals surface area contributed by atoms with E-state index in [1.54, 1.807) is 17.1 Å². The average Bonchev–Trinajstić information content (AvgIpc) is 3.32. The third kappa shape index (κ3) is 4.70. The highest BCUT2D eigenvalue weighted by Crippen LogP contribution is 2.31. The molecule has 9 heteroatoms. The summed E-state index contributed by atoms with van der Waals surface area (Å²) in [4.78, 5) is 35.9. The van der Waals surface area contributed by atoms with Crippen molar-refractivity contribution in [2.24, 2.45) is 10.9 Å². The maximum Gasteiger partial charge on any atom is 0.241 e. The van der Waals surface area contributed by atoms with Gasteiger partial charge in [0.1, 0.15) is 5.92 Å². The van der Waals surface area contributed by atoms with Crippen molar-refractivity contribution in [2.45, 2.75) is 25.7 Å². The van der Waals surface area contributed by atoms with Crippen LogP contribution in [-0.2, 0) is 19.1 Å². The molecule has 3 aliphatic heterocycles. The SMILES string of the molecule is O=C(CCCCCN1C(=O)C2C=C3OCOC3=CC2=NC1=S)N1CCN(c2ccccc2)CC1. The number of benzene rings is 1. The van der Waals surface area contributed by atoms with Gasteiger partial charge in [0, 0.05) is 50.9 Å². The topological polar surface area (TPSA) is 74.7 Å². The third-order valence-electron chi connectivity index (χ3n) is 6.60. The third-order valence-corrected chi connectivity index (χ3v) is 6.91. The second kappa shape index (κ2) is 9.97. The molecule has 3 heterocycles. The van der Waals surface area contributed by atoms with Crippen LogP contribution in [0.25, 0.3) is 0 Å². The molecular weight excluding hydrogens is 452 g/mol. The summed E-state index contributed by atoms with van der Waals surface area (Å²) in [6, 6.07) is 10.3. The zero-order chi connectivity index (χ0) is 23.5. The van der Waals surface area contributed by atoms with E-state index in [0.29, 0.717) is 30.2 Å². The molecule has 0 spiro atoms. The fraction of sp³-hybridized carbons (Fsp3) is 0.440. The second-order valence-corrected chi connectivity index (χ2v) is 9.11. The van der Waals surface area contributed by atoms with E-state index in [0.717, 1.165) is 45.4 Å². The van der Waals surface area contributed by atoms with E-state index in [-0.39, 0.29) is 23.7 Å². The molecular formula is C25H28N4O4S. The van der Waals surface area contributed by atoms with Crippen molar-refractivity contribution >= 4 is 40.5 Å². The Morgan fingerprint density at radius 1 is 1.03 bits per heavy atom. The Kier molecular flexibility index (Phi) is 6.62. The first kappa shape index (κ1) is 22.6. The Hall–Kier alpha value is -3.20. The number of ether oxygens (including phenoxy) is 2. The molecule has 0 bridgehead atoms. The number of anilines is 1. The number of hydrogen-bond donors (Lipinski definition) is 0. The number of piperazine rings is 1. The van der Waals surface area contributed by atoms with Gasteiger partial charge in [0.05, 0.1) is 5.71 Å². The van der Waals surface area contributed by atoms with Crippen LogP contribution in [0.15, 0.2) is 59.0 Å². The fourth-order valence-electron chi connectivity index (χ4n) is 4.67. The van der Waals surface area contributed by atoms with E-state index < -0.39 is 5.92 Å². The number of carbonyl (C=O) groups is 2. The molecule has 1 aliphatic carbocycles. The summed E-state index contributed by atoms with van der Waals surface area (Å²) in [5.74, 6) is 0.837. The molecule has 0 saturated carbocycles. The van der Waals surface area contributed by atoms with E-state index in [4.69, 9.17) is 21.7 Å². The van der Waals surface area contributed by atoms with Gasteiger partial charge in [-0.2, -0.15) is 0 Å². The number of thiocarbonyl (C=S) groups is 1. The lowest BCUT2D eigenvalue weighted by molar-refractivity contribution is -0.132. The van der Waals surface area contributed by atoms with Crippen molar-refractivity contribution in [3.63, 3.8) is 0 Å². The molecule has 34 heavy (non-hydrogen) atoms. The normalized spacial score (nSPS) is 21.7. The minimum Gasteiger partial charge on any atom is -0.454 e. The van der Waals surface area contributed by atoms with Crippen LogP contribution in [-0.4, -0.2) is 72.0 Å². The summed E-state index contributed by atoms with van der Waals surface area (Å²) in [6.45, 7) is 3.89. The number of fused-ring (bicyclic) bond motifs is 2. The molecule has 1 aromatic rings. The molecule has 8 nitrogen and oxygen atoms in total. The number of rotatable bonds is 7. The van der Waals surface area contributed by atoms with Gasteiger partial charge in [0.2, 0.25) is 23.7 Å². The standard InChI is InChI=1S/C25H28N4O4S/c30-23(28-13-11-27(12-14-28)18-7-3-1-4-8-18)9-5-2-6-10-29-24(31)19-15-21-22(33-17-32-21)16-20(19)26-25(29)34/h1,3-4,7-8,15-16,19H,2,5-6,9-14,17H2. The molecule has 0 aromatic heterocycles. The van der Waals surface area contributed by atoms with Gasteiger partial charge < -0.3 is 19.3 Å². The lowest BCUT2D eigenvalue weighted by atomic mass is 9.93. The number of para-hydroxylation sites is 1. The highest BCUT2D eigenvalue weighted by atomic mass is 32.1. The molecule has 0 radical (unpaired) electrons. The van der Waals surface area contributed by atoms with Crippen LogP contribution in [0.4, 0.5) is 5.69 Å². The van der Waals surface area contributed by atoms with Crippen molar-refractivity contribution in [1.82, 2.24) is 9.80 Å². The first-order chi connectivity index (χ1) is 16.6. The van der Waals surface area contributed by atoms with Crippen LogP contribution in [0.3, 0.4) is 0 Å². The highest BCUT2D eigenvalue weighted by Gasteiger charge is 2.38. The Labute approximate surface area is 204 Å². The van der Waals surface area contributed by atoms with Crippen LogP contribution in [0.1, 0.15) is 25.7 Å². The molecule has 2 saturated heterocycles. The number of amides is 2. The quantitative estimate of drug-likeness (QED) is 0.441. The second-order valence-electron chi connectivity index (χ2n) is 8.75. The van der Waals surface area contributed by atoms with E-state index in [1.165, 1.54) is 5.69 Å². The van der Waals surface area contributed by atoms with Gasteiger partial charge >= 0.3 is 0 Å². The van der Waals surface area contributed by atoms with Gasteiger partial charge in [0.25, 0.3) is 0 Å². The van der Waals surface area contributed by atoms with Gasteiger partial charge in [-0.25, -0.2) is 4.99 Å². The van der Waals surface area contributed by atoms with Crippen molar-refractivity contribution in [2.75, 3.05) is 44.4 Å². The van der Waals surface area contributed by atoms with E-state index in [1.807, 2.05) is 23.1 Å². The van der Waals surface area contributed by atoms with Crippen LogP contribution >= 0.6 is 12.2 Å². The summed E-state index contributed by atoms with van der Waals surface area (Å²) >= 11 is 5.37. The summed E-state index contributed by atoms with van der Waals surface area (Å²) in [5, 5.41) is 0.288. The van der Waals surface area contributed by atoms with E-state index in [9.17, 15) is 9.59 Å². The molecule has 1 unspecified atom stereocenters. The predicted molar refractivity (Wildman–Crippen MR) is 132 cm³/mol. The molecule has 5 rings (SSSR count). The zero-order valence-corrected chi connectivity index (χ0v) is 19.8. The predicted octanol–water partition coefficient (Wildman–Crippen LogP) is 2.87. The molecule has 2 amide bonds. The van der Waals surface area contributed by atoms with Crippen molar-refractivity contribution < 1.29 is 19.1 Å². The van der Waals surface area contributed by atoms with Crippen molar-refractivity contribution in [3.8, 4) is 0 Å².